The van der Waals surface area contributed by atoms with Crippen LogP contribution in [0.25, 0.3) is 21.3 Å². The first-order chi connectivity index (χ1) is 16.1. The first kappa shape index (κ1) is 21.9. The maximum Gasteiger partial charge on any atom is 0.238 e. The van der Waals surface area contributed by atoms with Crippen molar-refractivity contribution in [3.8, 4) is 5.75 Å². The summed E-state index contributed by atoms with van der Waals surface area (Å²) in [6.07, 6.45) is 2.21. The van der Waals surface area contributed by atoms with E-state index in [1.54, 1.807) is 24.6 Å². The van der Waals surface area contributed by atoms with E-state index in [1.165, 1.54) is 0 Å². The summed E-state index contributed by atoms with van der Waals surface area (Å²) < 4.78 is 16.2. The molecule has 0 unspecified atom stereocenters. The van der Waals surface area contributed by atoms with E-state index >= 15 is 0 Å². The smallest absolute Gasteiger partial charge is 0.238 e. The van der Waals surface area contributed by atoms with Crippen molar-refractivity contribution in [1.82, 2.24) is 9.55 Å². The van der Waals surface area contributed by atoms with Crippen LogP contribution in [-0.2, 0) is 24.3 Å². The Labute approximate surface area is 203 Å². The van der Waals surface area contributed by atoms with Gasteiger partial charge in [-0.25, -0.2) is 4.98 Å². The van der Waals surface area contributed by atoms with Crippen molar-refractivity contribution in [2.45, 2.75) is 19.6 Å². The number of ether oxygens (including phenoxy) is 2. The maximum absolute atomic E-state index is 12.6. The summed E-state index contributed by atoms with van der Waals surface area (Å²) in [5.41, 5.74) is 4.58. The molecule has 0 aliphatic carbocycles. The molecule has 0 N–H and O–H groups in total. The number of benzene rings is 2. The zero-order chi connectivity index (χ0) is 22.8. The molecule has 0 aliphatic rings. The number of hydrogen-bond acceptors (Lipinski definition) is 5. The summed E-state index contributed by atoms with van der Waals surface area (Å²) in [6.45, 7) is 1.74. The van der Waals surface area contributed by atoms with Gasteiger partial charge in [0.1, 0.15) is 16.3 Å². The topological polar surface area (TPSA) is 63.2 Å². The third-order valence-corrected chi connectivity index (χ3v) is 7.16. The Morgan fingerprint density at radius 3 is 2.64 bits per heavy atom. The van der Waals surface area contributed by atoms with Gasteiger partial charge in [-0.1, -0.05) is 42.5 Å². The molecule has 0 saturated carbocycles. The zero-order valence-corrected chi connectivity index (χ0v) is 20.4. The van der Waals surface area contributed by atoms with Crippen LogP contribution in [0.5, 0.6) is 5.75 Å². The second-order valence-corrected chi connectivity index (χ2v) is 10.1. The minimum absolute atomic E-state index is 0.537. The Morgan fingerprint density at radius 2 is 1.88 bits per heavy atom. The highest BCUT2D eigenvalue weighted by atomic mass is 79.9. The van der Waals surface area contributed by atoms with Gasteiger partial charge >= 0.3 is 0 Å². The number of aromatic nitrogens is 3. The monoisotopic (exact) mass is 523 g/mol. The van der Waals surface area contributed by atoms with Crippen LogP contribution in [0, 0.1) is 5.21 Å². The third kappa shape index (κ3) is 4.59. The summed E-state index contributed by atoms with van der Waals surface area (Å²) >= 11 is 5.08. The van der Waals surface area contributed by atoms with Gasteiger partial charge in [-0.05, 0) is 39.2 Å². The van der Waals surface area contributed by atoms with Crippen molar-refractivity contribution < 1.29 is 14.2 Å². The van der Waals surface area contributed by atoms with Gasteiger partial charge in [0.05, 0.1) is 29.6 Å². The number of methoxy groups -OCH3 is 1. The summed E-state index contributed by atoms with van der Waals surface area (Å²) in [4.78, 5) is 4.84. The van der Waals surface area contributed by atoms with Crippen molar-refractivity contribution in [2.75, 3.05) is 13.7 Å². The van der Waals surface area contributed by atoms with E-state index in [0.29, 0.717) is 37.2 Å². The van der Waals surface area contributed by atoms with Crippen LogP contribution >= 0.6 is 27.3 Å². The average molecular weight is 524 g/mol. The van der Waals surface area contributed by atoms with Crippen LogP contribution in [0.1, 0.15) is 17.0 Å². The summed E-state index contributed by atoms with van der Waals surface area (Å²) in [5.74, 6) is 1.71. The minimum Gasteiger partial charge on any atom is -0.618 e. The van der Waals surface area contributed by atoms with E-state index < -0.39 is 0 Å². The molecule has 5 rings (SSSR count). The Bertz CT molecular complexity index is 1400. The van der Waals surface area contributed by atoms with E-state index in [0.717, 1.165) is 41.4 Å². The molecular formula is C25H22BrN3O3S. The molecule has 3 aromatic heterocycles. The molecular weight excluding hydrogens is 502 g/mol. The third-order valence-electron chi connectivity index (χ3n) is 5.53. The van der Waals surface area contributed by atoms with Crippen molar-refractivity contribution in [2.24, 2.45) is 0 Å². The number of nitrogens with zero attached hydrogens (tertiary/aromatic N) is 3. The molecule has 0 amide bonds. The summed E-state index contributed by atoms with van der Waals surface area (Å²) in [6, 6.07) is 20.0. The largest absolute Gasteiger partial charge is 0.618 e. The van der Waals surface area contributed by atoms with Crippen LogP contribution in [0.3, 0.4) is 0 Å². The van der Waals surface area contributed by atoms with E-state index in [-0.39, 0.29) is 0 Å². The lowest BCUT2D eigenvalue weighted by atomic mass is 10.2. The number of pyridine rings is 1. The van der Waals surface area contributed by atoms with Crippen LogP contribution in [-0.4, -0.2) is 23.3 Å². The molecule has 33 heavy (non-hydrogen) atoms. The number of imidazole rings is 1. The quantitative estimate of drug-likeness (QED) is 0.154. The molecule has 0 radical (unpaired) electrons. The van der Waals surface area contributed by atoms with Gasteiger partial charge in [0.2, 0.25) is 11.7 Å². The predicted molar refractivity (Wildman–Crippen MR) is 134 cm³/mol. The molecule has 3 heterocycles. The second-order valence-electron chi connectivity index (χ2n) is 7.70. The summed E-state index contributed by atoms with van der Waals surface area (Å²) in [7, 11) is 1.66. The number of hydrogen-bond donors (Lipinski definition) is 0. The van der Waals surface area contributed by atoms with Crippen LogP contribution in [0.2, 0.25) is 0 Å². The molecule has 2 aromatic carbocycles. The van der Waals surface area contributed by atoms with Gasteiger partial charge in [-0.15, -0.1) is 11.3 Å². The van der Waals surface area contributed by atoms with Crippen molar-refractivity contribution >= 4 is 48.5 Å². The Balaban J connectivity index is 1.49. The van der Waals surface area contributed by atoms with E-state index in [2.05, 4.69) is 44.8 Å². The van der Waals surface area contributed by atoms with Crippen LogP contribution < -0.4 is 9.47 Å². The van der Waals surface area contributed by atoms with Gasteiger partial charge < -0.3 is 19.2 Å². The lowest BCUT2D eigenvalue weighted by Crippen LogP contribution is -2.25. The van der Waals surface area contributed by atoms with Crippen LogP contribution in [0.4, 0.5) is 0 Å². The van der Waals surface area contributed by atoms with E-state index in [4.69, 9.17) is 14.5 Å². The van der Waals surface area contributed by atoms with Crippen molar-refractivity contribution in [1.29, 1.82) is 0 Å². The standard InChI is InChI=1S/C25H22BrN3O3S/c1-31-19-9-7-17(8-10-19)14-28-23(11-12-32-16-18-5-3-2-4-6-18)27-20-15-29(30)21-13-22(26)33-25(21)24(20)28/h2-10,13,15H,11-12,14,16H2,1H3. The maximum atomic E-state index is 12.6. The highest BCUT2D eigenvalue weighted by molar-refractivity contribution is 9.11. The highest BCUT2D eigenvalue weighted by Crippen LogP contribution is 2.34. The fraction of sp³-hybridized carbons (Fsp3) is 0.200. The molecule has 5 aromatic rings. The van der Waals surface area contributed by atoms with Gasteiger partial charge in [0.15, 0.2) is 5.52 Å². The molecule has 0 fully saturated rings. The minimum atomic E-state index is 0.537. The van der Waals surface area contributed by atoms with Crippen molar-refractivity contribution in [3.63, 3.8) is 0 Å². The second kappa shape index (κ2) is 9.51. The molecule has 0 aliphatic heterocycles. The Morgan fingerprint density at radius 1 is 1.09 bits per heavy atom. The van der Waals surface area contributed by atoms with Gasteiger partial charge in [-0.3, -0.25) is 0 Å². The fourth-order valence-electron chi connectivity index (χ4n) is 3.92. The number of halogens is 1. The Kier molecular flexibility index (Phi) is 6.30. The predicted octanol–water partition coefficient (Wildman–Crippen LogP) is 5.46. The molecule has 0 saturated heterocycles. The zero-order valence-electron chi connectivity index (χ0n) is 18.0. The number of thiophene rings is 1. The molecule has 6 nitrogen and oxygen atoms in total. The van der Waals surface area contributed by atoms with E-state index in [1.807, 2.05) is 36.4 Å². The normalized spacial score (nSPS) is 11.5. The van der Waals surface area contributed by atoms with Crippen molar-refractivity contribution in [3.05, 3.63) is 92.8 Å². The number of fused-ring (bicyclic) bond motifs is 3. The highest BCUT2D eigenvalue weighted by Gasteiger charge is 2.21. The van der Waals surface area contributed by atoms with E-state index in [9.17, 15) is 5.21 Å². The molecule has 0 bridgehead atoms. The van der Waals surface area contributed by atoms with Gasteiger partial charge in [0.25, 0.3) is 0 Å². The lowest BCUT2D eigenvalue weighted by Gasteiger charge is -2.11. The Hall–Kier alpha value is -2.94. The average Bonchev–Trinajstić information content (AvgIpc) is 3.38. The van der Waals surface area contributed by atoms with Crippen LogP contribution in [0.15, 0.2) is 70.6 Å². The van der Waals surface area contributed by atoms with Gasteiger partial charge in [-0.2, -0.15) is 4.73 Å². The molecule has 168 valence electrons. The lowest BCUT2D eigenvalue weighted by molar-refractivity contribution is -0.575. The number of rotatable bonds is 8. The fourth-order valence-corrected chi connectivity index (χ4v) is 5.55. The molecule has 8 heteroatoms. The summed E-state index contributed by atoms with van der Waals surface area (Å²) in [5, 5.41) is 12.6. The van der Waals surface area contributed by atoms with Gasteiger partial charge in [0, 0.05) is 19.0 Å². The first-order valence-corrected chi connectivity index (χ1v) is 12.2. The SMILES string of the molecule is COc1ccc(Cn2c(CCOCc3ccccc3)nc3c[n+]([O-])c4cc(Br)sc4c32)cc1. The first-order valence-electron chi connectivity index (χ1n) is 10.6. The molecule has 0 atom stereocenters. The molecule has 0 spiro atoms.